The minimum Gasteiger partial charge on any atom is -0.475 e. The van der Waals surface area contributed by atoms with Crippen LogP contribution >= 0.6 is 0 Å². The number of carboxylic acid groups (broad SMARTS) is 1. The van der Waals surface area contributed by atoms with Gasteiger partial charge in [-0.15, -0.1) is 0 Å². The highest BCUT2D eigenvalue weighted by molar-refractivity contribution is 5.86. The maximum atomic E-state index is 10.9. The smallest absolute Gasteiger partial charge is 0.372 e. The number of furan rings is 1. The highest BCUT2D eigenvalue weighted by Gasteiger charge is 2.15. The van der Waals surface area contributed by atoms with Crippen LogP contribution in [0.5, 0.6) is 0 Å². The van der Waals surface area contributed by atoms with E-state index in [1.54, 1.807) is 31.2 Å². The minimum absolute atomic E-state index is 0.0480. The molecule has 2 rings (SSSR count). The van der Waals surface area contributed by atoms with Gasteiger partial charge in [0.2, 0.25) is 5.76 Å². The number of hydrogen-bond donors (Lipinski definition) is 2. The first-order valence-corrected chi connectivity index (χ1v) is 6.24. The van der Waals surface area contributed by atoms with E-state index in [1.807, 2.05) is 0 Å². The van der Waals surface area contributed by atoms with E-state index < -0.39 is 10.9 Å². The summed E-state index contributed by atoms with van der Waals surface area (Å²) in [6.45, 7) is 2.23. The first-order valence-electron chi connectivity index (χ1n) is 6.24. The standard InChI is InChI=1S/C14H14N2O5/c1-9-6-11(21-13(9)14(17)18)8-15-7-10-4-2-3-5-12(10)16(19)20/h2-6,15H,7-8H2,1H3,(H,17,18). The van der Waals surface area contributed by atoms with E-state index in [1.165, 1.54) is 6.07 Å². The highest BCUT2D eigenvalue weighted by atomic mass is 16.6. The van der Waals surface area contributed by atoms with Gasteiger partial charge in [0, 0.05) is 23.7 Å². The summed E-state index contributed by atoms with van der Waals surface area (Å²) in [6, 6.07) is 8.08. The molecule has 0 saturated carbocycles. The van der Waals surface area contributed by atoms with Crippen molar-refractivity contribution in [3.8, 4) is 0 Å². The van der Waals surface area contributed by atoms with Crippen molar-refractivity contribution in [2.24, 2.45) is 0 Å². The van der Waals surface area contributed by atoms with E-state index in [0.29, 0.717) is 30.0 Å². The quantitative estimate of drug-likeness (QED) is 0.625. The molecule has 2 aromatic rings. The molecule has 0 amide bonds. The number of aromatic carboxylic acids is 1. The predicted octanol–water partition coefficient (Wildman–Crippen LogP) is 2.48. The Morgan fingerprint density at radius 3 is 2.71 bits per heavy atom. The summed E-state index contributed by atoms with van der Waals surface area (Å²) >= 11 is 0. The molecule has 0 bridgehead atoms. The molecule has 0 spiro atoms. The van der Waals surface area contributed by atoms with Gasteiger partial charge in [-0.1, -0.05) is 18.2 Å². The van der Waals surface area contributed by atoms with Gasteiger partial charge in [0.05, 0.1) is 11.5 Å². The van der Waals surface area contributed by atoms with Crippen molar-refractivity contribution in [2.75, 3.05) is 0 Å². The highest BCUT2D eigenvalue weighted by Crippen LogP contribution is 2.18. The molecule has 1 aromatic heterocycles. The summed E-state index contributed by atoms with van der Waals surface area (Å²) in [5.74, 6) is -0.724. The van der Waals surface area contributed by atoms with Crippen molar-refractivity contribution in [1.82, 2.24) is 5.32 Å². The number of hydrogen-bond acceptors (Lipinski definition) is 5. The van der Waals surface area contributed by atoms with Crippen molar-refractivity contribution in [3.05, 3.63) is 63.1 Å². The van der Waals surface area contributed by atoms with Gasteiger partial charge in [0.25, 0.3) is 5.69 Å². The fourth-order valence-electron chi connectivity index (χ4n) is 2.01. The molecule has 21 heavy (non-hydrogen) atoms. The van der Waals surface area contributed by atoms with Gasteiger partial charge in [0.1, 0.15) is 5.76 Å². The Bertz CT molecular complexity index is 678. The van der Waals surface area contributed by atoms with Crippen LogP contribution < -0.4 is 5.32 Å². The molecular formula is C14H14N2O5. The molecule has 110 valence electrons. The van der Waals surface area contributed by atoms with Crippen molar-refractivity contribution in [3.63, 3.8) is 0 Å². The van der Waals surface area contributed by atoms with Crippen LogP contribution in [-0.2, 0) is 13.1 Å². The maximum absolute atomic E-state index is 10.9. The van der Waals surface area contributed by atoms with E-state index in [-0.39, 0.29) is 11.4 Å². The first kappa shape index (κ1) is 14.7. The van der Waals surface area contributed by atoms with Crippen molar-refractivity contribution in [1.29, 1.82) is 0 Å². The van der Waals surface area contributed by atoms with E-state index in [0.717, 1.165) is 0 Å². The lowest BCUT2D eigenvalue weighted by atomic mass is 10.2. The molecule has 2 N–H and O–H groups in total. The number of para-hydroxylation sites is 1. The Balaban J connectivity index is 2.00. The van der Waals surface area contributed by atoms with Crippen LogP contribution in [-0.4, -0.2) is 16.0 Å². The summed E-state index contributed by atoms with van der Waals surface area (Å²) in [6.07, 6.45) is 0. The van der Waals surface area contributed by atoms with Gasteiger partial charge < -0.3 is 14.8 Å². The second kappa shape index (κ2) is 6.19. The average Bonchev–Trinajstić information content (AvgIpc) is 2.80. The number of carbonyl (C=O) groups is 1. The summed E-state index contributed by atoms with van der Waals surface area (Å²) in [7, 11) is 0. The van der Waals surface area contributed by atoms with Crippen molar-refractivity contribution in [2.45, 2.75) is 20.0 Å². The van der Waals surface area contributed by atoms with Crippen molar-refractivity contribution >= 4 is 11.7 Å². The lowest BCUT2D eigenvalue weighted by Gasteiger charge is -2.04. The number of nitrogens with one attached hydrogen (secondary N) is 1. The first-order chi connectivity index (χ1) is 9.99. The molecule has 0 aliphatic heterocycles. The van der Waals surface area contributed by atoms with E-state index in [9.17, 15) is 14.9 Å². The molecule has 0 unspecified atom stereocenters. The summed E-state index contributed by atoms with van der Waals surface area (Å²) in [4.78, 5) is 21.3. The van der Waals surface area contributed by atoms with Crippen LogP contribution in [0.4, 0.5) is 5.69 Å². The third kappa shape index (κ3) is 3.46. The number of aryl methyl sites for hydroxylation is 1. The van der Waals surface area contributed by atoms with E-state index >= 15 is 0 Å². The molecule has 0 aliphatic rings. The van der Waals surface area contributed by atoms with Gasteiger partial charge >= 0.3 is 5.97 Å². The number of rotatable bonds is 6. The molecule has 0 radical (unpaired) electrons. The summed E-state index contributed by atoms with van der Waals surface area (Å²) in [5, 5.41) is 22.8. The zero-order valence-corrected chi connectivity index (χ0v) is 11.3. The van der Waals surface area contributed by atoms with Crippen LogP contribution in [0.25, 0.3) is 0 Å². The zero-order valence-electron chi connectivity index (χ0n) is 11.3. The van der Waals surface area contributed by atoms with Gasteiger partial charge in [-0.05, 0) is 13.0 Å². The Kier molecular flexibility index (Phi) is 4.34. The van der Waals surface area contributed by atoms with Crippen molar-refractivity contribution < 1.29 is 19.2 Å². The number of nitro groups is 1. The normalized spacial score (nSPS) is 10.5. The molecule has 0 atom stereocenters. The molecule has 0 aliphatic carbocycles. The number of benzene rings is 1. The SMILES string of the molecule is Cc1cc(CNCc2ccccc2[N+](=O)[O-])oc1C(=O)O. The lowest BCUT2D eigenvalue weighted by molar-refractivity contribution is -0.385. The fraction of sp³-hybridized carbons (Fsp3) is 0.214. The summed E-state index contributed by atoms with van der Waals surface area (Å²) < 4.78 is 5.20. The Labute approximate surface area is 120 Å². The zero-order chi connectivity index (χ0) is 15.4. The van der Waals surface area contributed by atoms with Gasteiger partial charge in [0.15, 0.2) is 0 Å². The van der Waals surface area contributed by atoms with Crippen LogP contribution in [0.3, 0.4) is 0 Å². The molecule has 1 aromatic carbocycles. The van der Waals surface area contributed by atoms with Crippen LogP contribution in [0.1, 0.15) is 27.4 Å². The predicted molar refractivity (Wildman–Crippen MR) is 74.0 cm³/mol. The van der Waals surface area contributed by atoms with Crippen LogP contribution in [0, 0.1) is 17.0 Å². The molecule has 0 saturated heterocycles. The van der Waals surface area contributed by atoms with E-state index in [4.69, 9.17) is 9.52 Å². The molecule has 1 heterocycles. The molecule has 0 fully saturated rings. The molecular weight excluding hydrogens is 276 g/mol. The number of nitrogens with zero attached hydrogens (tertiary/aromatic N) is 1. The minimum atomic E-state index is -1.11. The van der Waals surface area contributed by atoms with Crippen LogP contribution in [0.15, 0.2) is 34.7 Å². The van der Waals surface area contributed by atoms with Gasteiger partial charge in [-0.3, -0.25) is 10.1 Å². The van der Waals surface area contributed by atoms with E-state index in [2.05, 4.69) is 5.32 Å². The third-order valence-corrected chi connectivity index (χ3v) is 2.97. The average molecular weight is 290 g/mol. The largest absolute Gasteiger partial charge is 0.475 e. The number of nitro benzene ring substituents is 1. The lowest BCUT2D eigenvalue weighted by Crippen LogP contribution is -2.13. The topological polar surface area (TPSA) is 106 Å². The van der Waals surface area contributed by atoms with Crippen LogP contribution in [0.2, 0.25) is 0 Å². The third-order valence-electron chi connectivity index (χ3n) is 2.97. The number of carboxylic acids is 1. The molecule has 7 heteroatoms. The molecule has 7 nitrogen and oxygen atoms in total. The fourth-order valence-corrected chi connectivity index (χ4v) is 2.01. The maximum Gasteiger partial charge on any atom is 0.372 e. The monoisotopic (exact) mass is 290 g/mol. The Morgan fingerprint density at radius 2 is 2.10 bits per heavy atom. The summed E-state index contributed by atoms with van der Waals surface area (Å²) in [5.41, 5.74) is 1.15. The second-order valence-electron chi connectivity index (χ2n) is 4.52. The second-order valence-corrected chi connectivity index (χ2v) is 4.52. The van der Waals surface area contributed by atoms with Gasteiger partial charge in [-0.25, -0.2) is 4.79 Å². The Morgan fingerprint density at radius 1 is 1.38 bits per heavy atom. The van der Waals surface area contributed by atoms with Gasteiger partial charge in [-0.2, -0.15) is 0 Å². The Hall–Kier alpha value is -2.67.